The van der Waals surface area contributed by atoms with Crippen LogP contribution in [0.4, 0.5) is 13.2 Å². The van der Waals surface area contributed by atoms with Crippen LogP contribution in [-0.4, -0.2) is 15.2 Å². The maximum Gasteiger partial charge on any atom is 0.433 e. The number of fused-ring (bicyclic) bond motifs is 1. The third kappa shape index (κ3) is 1.31. The minimum absolute atomic E-state index is 0.0175. The Kier molecular flexibility index (Phi) is 1.88. The Morgan fingerprint density at radius 1 is 1.36 bits per heavy atom. The lowest BCUT2D eigenvalue weighted by atomic mass is 10.2. The molecule has 74 valence electrons. The van der Waals surface area contributed by atoms with Gasteiger partial charge in [-0.05, 0) is 6.07 Å². The van der Waals surface area contributed by atoms with Crippen molar-refractivity contribution in [2.75, 3.05) is 0 Å². The molecule has 0 saturated carbocycles. The van der Waals surface area contributed by atoms with Crippen LogP contribution in [0.15, 0.2) is 12.3 Å². The van der Waals surface area contributed by atoms with Crippen LogP contribution >= 0.6 is 11.6 Å². The van der Waals surface area contributed by atoms with E-state index >= 15 is 0 Å². The summed E-state index contributed by atoms with van der Waals surface area (Å²) in [7, 11) is 0. The van der Waals surface area contributed by atoms with Gasteiger partial charge in [0.2, 0.25) is 0 Å². The highest BCUT2D eigenvalue weighted by molar-refractivity contribution is 6.35. The van der Waals surface area contributed by atoms with Crippen LogP contribution < -0.4 is 0 Å². The number of aromatic amines is 1. The first-order chi connectivity index (χ1) is 6.50. The number of alkyl halides is 3. The van der Waals surface area contributed by atoms with E-state index in [1.165, 1.54) is 12.3 Å². The van der Waals surface area contributed by atoms with Crippen molar-refractivity contribution in [1.82, 2.24) is 15.2 Å². The number of halogens is 4. The van der Waals surface area contributed by atoms with E-state index < -0.39 is 11.9 Å². The largest absolute Gasteiger partial charge is 0.433 e. The molecule has 0 spiro atoms. The van der Waals surface area contributed by atoms with E-state index in [1.807, 2.05) is 5.10 Å². The summed E-state index contributed by atoms with van der Waals surface area (Å²) >= 11 is 5.61. The zero-order valence-electron chi connectivity index (χ0n) is 6.56. The number of pyridine rings is 1. The second-order valence-electron chi connectivity index (χ2n) is 2.59. The van der Waals surface area contributed by atoms with Crippen LogP contribution in [0.5, 0.6) is 0 Å². The molecule has 0 aliphatic rings. The molecule has 0 bridgehead atoms. The number of nitrogens with one attached hydrogen (secondary N) is 1. The summed E-state index contributed by atoms with van der Waals surface area (Å²) in [4.78, 5) is 3.65. The first-order valence-electron chi connectivity index (χ1n) is 3.56. The van der Waals surface area contributed by atoms with Gasteiger partial charge in [0.25, 0.3) is 0 Å². The Morgan fingerprint density at radius 3 is 2.71 bits per heavy atom. The quantitative estimate of drug-likeness (QED) is 0.743. The van der Waals surface area contributed by atoms with Gasteiger partial charge >= 0.3 is 6.18 Å². The van der Waals surface area contributed by atoms with Crippen molar-refractivity contribution in [3.05, 3.63) is 23.0 Å². The van der Waals surface area contributed by atoms with Gasteiger partial charge < -0.3 is 0 Å². The molecule has 2 heterocycles. The molecule has 2 aromatic rings. The molecule has 3 nitrogen and oxygen atoms in total. The number of H-pyrrole nitrogens is 1. The summed E-state index contributed by atoms with van der Waals surface area (Å²) in [6.45, 7) is 0. The molecule has 0 atom stereocenters. The molecule has 2 aromatic heterocycles. The zero-order valence-corrected chi connectivity index (χ0v) is 7.32. The second-order valence-corrected chi connectivity index (χ2v) is 2.99. The Hall–Kier alpha value is -1.30. The normalized spacial score (nSPS) is 12.3. The fourth-order valence-corrected chi connectivity index (χ4v) is 1.35. The molecule has 0 fully saturated rings. The van der Waals surface area contributed by atoms with Crippen LogP contribution in [0.1, 0.15) is 5.69 Å². The highest BCUT2D eigenvalue weighted by atomic mass is 35.5. The van der Waals surface area contributed by atoms with Crippen molar-refractivity contribution in [3.63, 3.8) is 0 Å². The average Bonchev–Trinajstić information content (AvgIpc) is 2.47. The summed E-state index contributed by atoms with van der Waals surface area (Å²) in [5.74, 6) is 0. The summed E-state index contributed by atoms with van der Waals surface area (Å²) in [5.41, 5.74) is -1.00. The van der Waals surface area contributed by atoms with Crippen LogP contribution in [-0.2, 0) is 6.18 Å². The maximum absolute atomic E-state index is 12.4. The van der Waals surface area contributed by atoms with Gasteiger partial charge in [-0.25, -0.2) is 4.98 Å². The molecule has 0 amide bonds. The number of rotatable bonds is 0. The highest BCUT2D eigenvalue weighted by Crippen LogP contribution is 2.35. The molecule has 0 aliphatic carbocycles. The van der Waals surface area contributed by atoms with E-state index in [1.54, 1.807) is 0 Å². The van der Waals surface area contributed by atoms with Crippen molar-refractivity contribution < 1.29 is 13.2 Å². The SMILES string of the molecule is FC(F)(F)c1[nH]nc2nccc(Cl)c12. The molecule has 0 radical (unpaired) electrons. The first-order valence-corrected chi connectivity index (χ1v) is 3.93. The predicted molar refractivity (Wildman–Crippen MR) is 43.9 cm³/mol. The molecule has 2 rings (SSSR count). The van der Waals surface area contributed by atoms with E-state index in [9.17, 15) is 13.2 Å². The zero-order chi connectivity index (χ0) is 10.3. The monoisotopic (exact) mass is 221 g/mol. The molecule has 0 unspecified atom stereocenters. The number of aromatic nitrogens is 3. The molecule has 14 heavy (non-hydrogen) atoms. The maximum atomic E-state index is 12.4. The smallest absolute Gasteiger partial charge is 0.271 e. The van der Waals surface area contributed by atoms with E-state index in [0.29, 0.717) is 0 Å². The Bertz CT molecular complexity index is 476. The van der Waals surface area contributed by atoms with Gasteiger partial charge in [-0.1, -0.05) is 11.6 Å². The first kappa shape index (κ1) is 9.26. The summed E-state index contributed by atoms with van der Waals surface area (Å²) in [6, 6.07) is 1.29. The number of hydrogen-bond donors (Lipinski definition) is 1. The van der Waals surface area contributed by atoms with Crippen molar-refractivity contribution >= 4 is 22.6 Å². The second kappa shape index (κ2) is 2.84. The van der Waals surface area contributed by atoms with Crippen LogP contribution in [0.25, 0.3) is 11.0 Å². The minimum Gasteiger partial charge on any atom is -0.271 e. The summed E-state index contributed by atoms with van der Waals surface area (Å²) < 4.78 is 37.1. The molecule has 1 N–H and O–H groups in total. The summed E-state index contributed by atoms with van der Waals surface area (Å²) in [6.07, 6.45) is -3.20. The summed E-state index contributed by atoms with van der Waals surface area (Å²) in [5, 5.41) is 5.07. The Balaban J connectivity index is 2.80. The number of hydrogen-bond acceptors (Lipinski definition) is 2. The standard InChI is InChI=1S/C7H3ClF3N3/c8-3-1-2-12-6-4(3)5(13-14-6)7(9,10)11/h1-2H,(H,12,13,14). The third-order valence-corrected chi connectivity index (χ3v) is 2.00. The van der Waals surface area contributed by atoms with Gasteiger partial charge in [-0.2, -0.15) is 18.3 Å². The fourth-order valence-electron chi connectivity index (χ4n) is 1.11. The van der Waals surface area contributed by atoms with Gasteiger partial charge in [0.1, 0.15) is 0 Å². The van der Waals surface area contributed by atoms with Crippen LogP contribution in [0.2, 0.25) is 5.02 Å². The van der Waals surface area contributed by atoms with E-state index in [-0.39, 0.29) is 16.1 Å². The van der Waals surface area contributed by atoms with Gasteiger partial charge in [-0.15, -0.1) is 0 Å². The van der Waals surface area contributed by atoms with Crippen LogP contribution in [0.3, 0.4) is 0 Å². The molecular weight excluding hydrogens is 219 g/mol. The molecular formula is C7H3ClF3N3. The van der Waals surface area contributed by atoms with Crippen molar-refractivity contribution in [3.8, 4) is 0 Å². The Labute approximate surface area is 80.9 Å². The highest BCUT2D eigenvalue weighted by Gasteiger charge is 2.36. The lowest BCUT2D eigenvalue weighted by Gasteiger charge is -2.03. The van der Waals surface area contributed by atoms with Crippen molar-refractivity contribution in [2.24, 2.45) is 0 Å². The third-order valence-electron chi connectivity index (χ3n) is 1.69. The molecule has 7 heteroatoms. The van der Waals surface area contributed by atoms with Gasteiger partial charge in [-0.3, -0.25) is 5.10 Å². The Morgan fingerprint density at radius 2 is 2.07 bits per heavy atom. The average molecular weight is 222 g/mol. The van der Waals surface area contributed by atoms with E-state index in [2.05, 4.69) is 10.1 Å². The van der Waals surface area contributed by atoms with Crippen molar-refractivity contribution in [2.45, 2.75) is 6.18 Å². The minimum atomic E-state index is -4.50. The van der Waals surface area contributed by atoms with E-state index in [4.69, 9.17) is 11.6 Å². The molecule has 0 aromatic carbocycles. The molecule has 0 saturated heterocycles. The number of nitrogens with zero attached hydrogens (tertiary/aromatic N) is 2. The lowest BCUT2D eigenvalue weighted by Crippen LogP contribution is -2.06. The topological polar surface area (TPSA) is 41.6 Å². The van der Waals surface area contributed by atoms with Gasteiger partial charge in [0.05, 0.1) is 10.4 Å². The van der Waals surface area contributed by atoms with Gasteiger partial charge in [0, 0.05) is 6.20 Å². The fraction of sp³-hybridized carbons (Fsp3) is 0.143. The van der Waals surface area contributed by atoms with Gasteiger partial charge in [0.15, 0.2) is 11.3 Å². The predicted octanol–water partition coefficient (Wildman–Crippen LogP) is 2.63. The lowest BCUT2D eigenvalue weighted by molar-refractivity contribution is -0.139. The van der Waals surface area contributed by atoms with E-state index in [0.717, 1.165) is 0 Å². The van der Waals surface area contributed by atoms with Crippen LogP contribution in [0, 0.1) is 0 Å². The molecule has 0 aliphatic heterocycles. The van der Waals surface area contributed by atoms with Crippen molar-refractivity contribution in [1.29, 1.82) is 0 Å².